The predicted molar refractivity (Wildman–Crippen MR) is 69.7 cm³/mol. The lowest BCUT2D eigenvalue weighted by Gasteiger charge is -2.28. The molecule has 0 radical (unpaired) electrons. The van der Waals surface area contributed by atoms with Crippen molar-refractivity contribution in [3.63, 3.8) is 0 Å². The number of ether oxygens (including phenoxy) is 1. The third kappa shape index (κ3) is 3.20. The van der Waals surface area contributed by atoms with E-state index >= 15 is 0 Å². The molecule has 0 aromatic heterocycles. The van der Waals surface area contributed by atoms with Crippen molar-refractivity contribution in [3.8, 4) is 0 Å². The van der Waals surface area contributed by atoms with E-state index in [4.69, 9.17) is 4.74 Å². The topological polar surface area (TPSA) is 64.4 Å². The minimum Gasteiger partial charge on any atom is -0.381 e. The zero-order chi connectivity index (χ0) is 13.8. The van der Waals surface area contributed by atoms with Crippen LogP contribution in [0.2, 0.25) is 0 Å². The number of hydrogen-bond acceptors (Lipinski definition) is 4. The van der Waals surface area contributed by atoms with Crippen molar-refractivity contribution in [1.29, 1.82) is 0 Å². The van der Waals surface area contributed by atoms with Crippen LogP contribution in [-0.2, 0) is 4.74 Å². The molecule has 2 rings (SSSR count). The van der Waals surface area contributed by atoms with Crippen LogP contribution in [-0.4, -0.2) is 24.2 Å². The second kappa shape index (κ2) is 5.97. The number of anilines is 1. The van der Waals surface area contributed by atoms with E-state index in [9.17, 15) is 14.5 Å². The van der Waals surface area contributed by atoms with Crippen LogP contribution in [0.4, 0.5) is 15.8 Å². The molecule has 5 nitrogen and oxygen atoms in total. The molecule has 1 atom stereocenters. The number of rotatable bonds is 4. The Morgan fingerprint density at radius 1 is 1.47 bits per heavy atom. The summed E-state index contributed by atoms with van der Waals surface area (Å²) in [5.41, 5.74) is -0.245. The van der Waals surface area contributed by atoms with Crippen molar-refractivity contribution in [2.75, 3.05) is 18.5 Å². The van der Waals surface area contributed by atoms with E-state index in [1.54, 1.807) is 0 Å². The molecule has 1 saturated heterocycles. The Labute approximate surface area is 110 Å². The summed E-state index contributed by atoms with van der Waals surface area (Å²) in [6.07, 6.45) is 1.83. The van der Waals surface area contributed by atoms with Gasteiger partial charge in [0.15, 0.2) is 0 Å². The summed E-state index contributed by atoms with van der Waals surface area (Å²) in [6, 6.07) is 4.16. The number of hydrogen-bond donors (Lipinski definition) is 1. The predicted octanol–water partition coefficient (Wildman–Crippen LogP) is 2.96. The second-order valence-electron chi connectivity index (χ2n) is 4.78. The quantitative estimate of drug-likeness (QED) is 0.673. The minimum absolute atomic E-state index is 0.0457. The summed E-state index contributed by atoms with van der Waals surface area (Å²) in [5.74, 6) is -0.425. The molecule has 104 valence electrons. The zero-order valence-electron chi connectivity index (χ0n) is 10.8. The number of nitrogens with one attached hydrogen (secondary N) is 1. The molecule has 1 aliphatic rings. The Hall–Kier alpha value is -1.69. The zero-order valence-corrected chi connectivity index (χ0v) is 10.8. The highest BCUT2D eigenvalue weighted by atomic mass is 19.1. The molecule has 1 N–H and O–H groups in total. The summed E-state index contributed by atoms with van der Waals surface area (Å²) in [4.78, 5) is 10.2. The highest BCUT2D eigenvalue weighted by Crippen LogP contribution is 2.30. The molecular formula is C13H17FN2O3. The van der Waals surface area contributed by atoms with Gasteiger partial charge in [-0.05, 0) is 37.8 Å². The Morgan fingerprint density at radius 2 is 2.16 bits per heavy atom. The van der Waals surface area contributed by atoms with Crippen molar-refractivity contribution >= 4 is 11.4 Å². The third-order valence-corrected chi connectivity index (χ3v) is 3.53. The molecule has 1 unspecified atom stereocenters. The molecule has 0 aliphatic carbocycles. The van der Waals surface area contributed by atoms with Gasteiger partial charge < -0.3 is 10.1 Å². The van der Waals surface area contributed by atoms with Crippen molar-refractivity contribution in [3.05, 3.63) is 34.1 Å². The highest BCUT2D eigenvalue weighted by Gasteiger charge is 2.25. The van der Waals surface area contributed by atoms with Crippen LogP contribution >= 0.6 is 0 Å². The first-order valence-corrected chi connectivity index (χ1v) is 6.36. The van der Waals surface area contributed by atoms with E-state index in [1.165, 1.54) is 12.1 Å². The van der Waals surface area contributed by atoms with Gasteiger partial charge in [-0.25, -0.2) is 0 Å². The molecule has 19 heavy (non-hydrogen) atoms. The number of nitro benzene ring substituents is 1. The van der Waals surface area contributed by atoms with Crippen LogP contribution in [0.15, 0.2) is 18.2 Å². The maximum atomic E-state index is 13.5. The highest BCUT2D eigenvalue weighted by molar-refractivity contribution is 5.62. The number of para-hydroxylation sites is 1. The summed E-state index contributed by atoms with van der Waals surface area (Å²) < 4.78 is 18.8. The van der Waals surface area contributed by atoms with Gasteiger partial charge in [0.2, 0.25) is 5.82 Å². The molecule has 6 heteroatoms. The standard InChI is InChI=1S/C13H17FN2O3/c1-9(10-5-7-19-8-6-10)15-12-4-2-3-11(14)13(12)16(17)18/h2-4,9-10,15H,5-8H2,1H3. The van der Waals surface area contributed by atoms with Crippen molar-refractivity contribution in [1.82, 2.24) is 0 Å². The molecule has 0 bridgehead atoms. The van der Waals surface area contributed by atoms with Crippen LogP contribution in [0.25, 0.3) is 0 Å². The van der Waals surface area contributed by atoms with Crippen LogP contribution in [0.1, 0.15) is 19.8 Å². The molecule has 1 heterocycles. The largest absolute Gasteiger partial charge is 0.381 e. The van der Waals surface area contributed by atoms with Gasteiger partial charge in [0.1, 0.15) is 5.69 Å². The van der Waals surface area contributed by atoms with Crippen LogP contribution in [0, 0.1) is 21.8 Å². The lowest BCUT2D eigenvalue weighted by Crippen LogP contribution is -2.31. The Morgan fingerprint density at radius 3 is 2.79 bits per heavy atom. The lowest BCUT2D eigenvalue weighted by atomic mass is 9.92. The number of benzene rings is 1. The van der Waals surface area contributed by atoms with Gasteiger partial charge in [-0.3, -0.25) is 10.1 Å². The summed E-state index contributed by atoms with van der Waals surface area (Å²) in [6.45, 7) is 3.38. The van der Waals surface area contributed by atoms with Crippen molar-refractivity contribution in [2.45, 2.75) is 25.8 Å². The fraction of sp³-hybridized carbons (Fsp3) is 0.538. The SMILES string of the molecule is CC(Nc1cccc(F)c1[N+](=O)[O-])C1CCOCC1. The number of halogens is 1. The smallest absolute Gasteiger partial charge is 0.327 e. The number of nitrogens with zero attached hydrogens (tertiary/aromatic N) is 1. The molecule has 1 aromatic rings. The molecule has 0 spiro atoms. The van der Waals surface area contributed by atoms with Gasteiger partial charge in [-0.2, -0.15) is 4.39 Å². The first kappa shape index (κ1) is 13.7. The molecule has 1 fully saturated rings. The molecule has 1 aromatic carbocycles. The van der Waals surface area contributed by atoms with E-state index in [2.05, 4.69) is 5.32 Å². The van der Waals surface area contributed by atoms with Crippen LogP contribution < -0.4 is 5.32 Å². The third-order valence-electron chi connectivity index (χ3n) is 3.53. The van der Waals surface area contributed by atoms with Gasteiger partial charge in [0, 0.05) is 19.3 Å². The molecular weight excluding hydrogens is 251 g/mol. The monoisotopic (exact) mass is 268 g/mol. The lowest BCUT2D eigenvalue weighted by molar-refractivity contribution is -0.386. The fourth-order valence-corrected chi connectivity index (χ4v) is 2.40. The second-order valence-corrected chi connectivity index (χ2v) is 4.78. The maximum absolute atomic E-state index is 13.5. The Balaban J connectivity index is 2.14. The van der Waals surface area contributed by atoms with E-state index in [1.807, 2.05) is 6.92 Å². The van der Waals surface area contributed by atoms with Crippen molar-refractivity contribution in [2.24, 2.45) is 5.92 Å². The van der Waals surface area contributed by atoms with Gasteiger partial charge in [-0.1, -0.05) is 6.07 Å². The average Bonchev–Trinajstić information content (AvgIpc) is 2.39. The van der Waals surface area contributed by atoms with Crippen molar-refractivity contribution < 1.29 is 14.1 Å². The first-order valence-electron chi connectivity index (χ1n) is 6.36. The van der Waals surface area contributed by atoms with E-state index in [0.717, 1.165) is 18.9 Å². The van der Waals surface area contributed by atoms with Gasteiger partial charge >= 0.3 is 5.69 Å². The van der Waals surface area contributed by atoms with Gasteiger partial charge in [0.25, 0.3) is 0 Å². The normalized spacial score (nSPS) is 18.0. The van der Waals surface area contributed by atoms with Crippen LogP contribution in [0.3, 0.4) is 0 Å². The fourth-order valence-electron chi connectivity index (χ4n) is 2.40. The summed E-state index contributed by atoms with van der Waals surface area (Å²) in [7, 11) is 0. The van der Waals surface area contributed by atoms with Gasteiger partial charge in [0.05, 0.1) is 4.92 Å². The van der Waals surface area contributed by atoms with E-state index < -0.39 is 16.4 Å². The minimum atomic E-state index is -0.811. The molecule has 1 aliphatic heterocycles. The maximum Gasteiger partial charge on any atom is 0.327 e. The Bertz CT molecular complexity index is 461. The first-order chi connectivity index (χ1) is 9.09. The average molecular weight is 268 g/mol. The molecule has 0 amide bonds. The van der Waals surface area contributed by atoms with E-state index in [-0.39, 0.29) is 11.7 Å². The number of nitro groups is 1. The Kier molecular flexibility index (Phi) is 4.31. The molecule has 0 saturated carbocycles. The van der Waals surface area contributed by atoms with Gasteiger partial charge in [-0.15, -0.1) is 0 Å². The van der Waals surface area contributed by atoms with E-state index in [0.29, 0.717) is 19.1 Å². The summed E-state index contributed by atoms with van der Waals surface area (Å²) in [5, 5.41) is 14.0. The van der Waals surface area contributed by atoms with Crippen LogP contribution in [0.5, 0.6) is 0 Å². The summed E-state index contributed by atoms with van der Waals surface area (Å²) >= 11 is 0.